The molecule has 0 saturated carbocycles. The quantitative estimate of drug-likeness (QED) is 0.639. The van der Waals surface area contributed by atoms with Crippen LogP contribution in [0.1, 0.15) is 18.4 Å². The molecule has 1 unspecified atom stereocenters. The minimum absolute atomic E-state index is 0.0123. The zero-order valence-corrected chi connectivity index (χ0v) is 13.5. The van der Waals surface area contributed by atoms with E-state index in [0.717, 1.165) is 50.1 Å². The van der Waals surface area contributed by atoms with E-state index in [2.05, 4.69) is 9.80 Å². The van der Waals surface area contributed by atoms with Crippen molar-refractivity contribution in [2.75, 3.05) is 31.6 Å². The molecule has 6 nitrogen and oxygen atoms in total. The van der Waals surface area contributed by atoms with Crippen molar-refractivity contribution < 1.29 is 4.79 Å². The third-order valence-electron chi connectivity index (χ3n) is 4.92. The number of carbonyl (C=O) groups excluding carboxylic acids is 1. The van der Waals surface area contributed by atoms with Gasteiger partial charge in [0.05, 0.1) is 6.04 Å². The van der Waals surface area contributed by atoms with Gasteiger partial charge in [0.15, 0.2) is 0 Å². The normalized spacial score (nSPS) is 22.7. The van der Waals surface area contributed by atoms with E-state index in [0.29, 0.717) is 12.6 Å². The van der Waals surface area contributed by atoms with Crippen molar-refractivity contribution in [2.45, 2.75) is 31.5 Å². The summed E-state index contributed by atoms with van der Waals surface area (Å²) in [4.78, 5) is 27.4. The van der Waals surface area contributed by atoms with Crippen molar-refractivity contribution in [3.8, 4) is 0 Å². The smallest absolute Gasteiger partial charge is 0.252 e. The van der Waals surface area contributed by atoms with Gasteiger partial charge in [-0.25, -0.2) is 0 Å². The lowest BCUT2D eigenvalue weighted by Crippen LogP contribution is -2.46. The van der Waals surface area contributed by atoms with E-state index in [9.17, 15) is 9.59 Å². The highest BCUT2D eigenvalue weighted by Crippen LogP contribution is 2.28. The zero-order chi connectivity index (χ0) is 16.4. The zero-order valence-electron chi connectivity index (χ0n) is 13.5. The molecule has 1 atom stereocenters. The number of hydrogen-bond acceptors (Lipinski definition) is 5. The number of likely N-dealkylation sites (tertiary alicyclic amines) is 1. The fourth-order valence-electron chi connectivity index (χ4n) is 3.55. The highest BCUT2D eigenvalue weighted by molar-refractivity contribution is 5.77. The van der Waals surface area contributed by atoms with Crippen LogP contribution in [0.25, 0.3) is 6.08 Å². The van der Waals surface area contributed by atoms with E-state index in [1.807, 2.05) is 11.6 Å². The number of hydrogen-bond donors (Lipinski definition) is 1. The Hall–Kier alpha value is -1.92. The molecule has 1 aromatic rings. The molecule has 1 aromatic heterocycles. The maximum atomic E-state index is 12.2. The van der Waals surface area contributed by atoms with E-state index in [1.54, 1.807) is 18.2 Å². The molecule has 23 heavy (non-hydrogen) atoms. The minimum atomic E-state index is 0.0123. The summed E-state index contributed by atoms with van der Waals surface area (Å²) in [5, 5.41) is 0. The van der Waals surface area contributed by atoms with Crippen LogP contribution in [-0.2, 0) is 11.3 Å². The number of anilines is 1. The molecule has 0 spiro atoms. The lowest BCUT2D eigenvalue weighted by Gasteiger charge is -2.34. The SMILES string of the molecule is CN1c2c(/C=C\C=O)ccc(=O)n2CC1CN1CCC(N)CC1. The molecule has 3 rings (SSSR count). The largest absolute Gasteiger partial charge is 0.354 e. The standard InChI is InChI=1S/C17H24N4O2/c1-19-15(11-20-8-6-14(18)7-9-20)12-21-16(23)5-4-13(17(19)21)3-2-10-22/h2-5,10,14-15H,6-9,11-12,18H2,1H3/b3-2-. The van der Waals surface area contributed by atoms with Gasteiger partial charge in [-0.05, 0) is 44.1 Å². The van der Waals surface area contributed by atoms with Gasteiger partial charge in [0.25, 0.3) is 5.56 Å². The van der Waals surface area contributed by atoms with E-state index in [1.165, 1.54) is 6.08 Å². The molecule has 2 aliphatic rings. The van der Waals surface area contributed by atoms with E-state index >= 15 is 0 Å². The predicted octanol–water partition coefficient (Wildman–Crippen LogP) is 0.302. The van der Waals surface area contributed by atoms with Gasteiger partial charge < -0.3 is 15.5 Å². The van der Waals surface area contributed by atoms with Crippen LogP contribution < -0.4 is 16.2 Å². The summed E-state index contributed by atoms with van der Waals surface area (Å²) in [6.07, 6.45) is 6.06. The summed E-state index contributed by atoms with van der Waals surface area (Å²) in [7, 11) is 2.02. The Bertz CT molecular complexity index is 659. The van der Waals surface area contributed by atoms with Crippen molar-refractivity contribution >= 4 is 18.2 Å². The fourth-order valence-corrected chi connectivity index (χ4v) is 3.55. The first-order valence-electron chi connectivity index (χ1n) is 8.16. The lowest BCUT2D eigenvalue weighted by atomic mass is 10.1. The number of nitrogens with two attached hydrogens (primary N) is 1. The molecule has 0 aromatic carbocycles. The molecule has 2 N–H and O–H groups in total. The number of fused-ring (bicyclic) bond motifs is 1. The summed E-state index contributed by atoms with van der Waals surface area (Å²) in [6.45, 7) is 3.67. The van der Waals surface area contributed by atoms with Crippen LogP contribution >= 0.6 is 0 Å². The molecule has 124 valence electrons. The topological polar surface area (TPSA) is 71.6 Å². The number of aromatic nitrogens is 1. The van der Waals surface area contributed by atoms with Gasteiger partial charge in [-0.2, -0.15) is 0 Å². The summed E-state index contributed by atoms with van der Waals surface area (Å²) in [5.41, 5.74) is 6.89. The van der Waals surface area contributed by atoms with Crippen LogP contribution in [0.15, 0.2) is 23.0 Å². The van der Waals surface area contributed by atoms with Crippen LogP contribution in [0.5, 0.6) is 0 Å². The van der Waals surface area contributed by atoms with Gasteiger partial charge in [-0.3, -0.25) is 14.2 Å². The summed E-state index contributed by atoms with van der Waals surface area (Å²) < 4.78 is 1.81. The molecule has 0 bridgehead atoms. The minimum Gasteiger partial charge on any atom is -0.354 e. The first-order valence-corrected chi connectivity index (χ1v) is 8.16. The number of nitrogens with zero attached hydrogens (tertiary/aromatic N) is 3. The van der Waals surface area contributed by atoms with Crippen molar-refractivity contribution in [3.63, 3.8) is 0 Å². The predicted molar refractivity (Wildman–Crippen MR) is 91.6 cm³/mol. The second-order valence-corrected chi connectivity index (χ2v) is 6.46. The van der Waals surface area contributed by atoms with Crippen LogP contribution in [0, 0.1) is 0 Å². The van der Waals surface area contributed by atoms with Gasteiger partial charge in [0.1, 0.15) is 12.1 Å². The first-order chi connectivity index (χ1) is 11.1. The van der Waals surface area contributed by atoms with Crippen molar-refractivity contribution in [1.82, 2.24) is 9.47 Å². The Kier molecular flexibility index (Phi) is 4.63. The number of aldehydes is 1. The van der Waals surface area contributed by atoms with Crippen molar-refractivity contribution in [2.24, 2.45) is 5.73 Å². The fraction of sp³-hybridized carbons (Fsp3) is 0.529. The monoisotopic (exact) mass is 316 g/mol. The van der Waals surface area contributed by atoms with Gasteiger partial charge in [0, 0.05) is 37.8 Å². The van der Waals surface area contributed by atoms with Crippen LogP contribution in [-0.4, -0.2) is 54.5 Å². The molecular formula is C17H24N4O2. The summed E-state index contributed by atoms with van der Waals surface area (Å²) >= 11 is 0. The van der Waals surface area contributed by atoms with Crippen LogP contribution in [0.3, 0.4) is 0 Å². The third kappa shape index (κ3) is 3.23. The second kappa shape index (κ2) is 6.68. The lowest BCUT2D eigenvalue weighted by molar-refractivity contribution is -0.104. The molecular weight excluding hydrogens is 292 g/mol. The van der Waals surface area contributed by atoms with E-state index in [4.69, 9.17) is 5.73 Å². The number of allylic oxidation sites excluding steroid dienone is 1. The highest BCUT2D eigenvalue weighted by atomic mass is 16.1. The molecule has 2 aliphatic heterocycles. The average Bonchev–Trinajstić information content (AvgIpc) is 2.87. The Morgan fingerprint density at radius 3 is 2.74 bits per heavy atom. The Balaban J connectivity index is 1.79. The number of pyridine rings is 1. The van der Waals surface area contributed by atoms with Gasteiger partial charge in [-0.15, -0.1) is 0 Å². The van der Waals surface area contributed by atoms with Gasteiger partial charge in [-0.1, -0.05) is 0 Å². The van der Waals surface area contributed by atoms with Crippen LogP contribution in [0.2, 0.25) is 0 Å². The molecule has 0 amide bonds. The second-order valence-electron chi connectivity index (χ2n) is 6.46. The molecule has 0 aliphatic carbocycles. The maximum absolute atomic E-state index is 12.2. The molecule has 1 fully saturated rings. The van der Waals surface area contributed by atoms with Crippen molar-refractivity contribution in [1.29, 1.82) is 0 Å². The summed E-state index contributed by atoms with van der Waals surface area (Å²) in [6, 6.07) is 3.95. The van der Waals surface area contributed by atoms with Crippen molar-refractivity contribution in [3.05, 3.63) is 34.1 Å². The van der Waals surface area contributed by atoms with E-state index < -0.39 is 0 Å². The number of likely N-dealkylation sites (N-methyl/N-ethyl adjacent to an activating group) is 1. The Labute approximate surface area is 136 Å². The highest BCUT2D eigenvalue weighted by Gasteiger charge is 2.31. The third-order valence-corrected chi connectivity index (χ3v) is 4.92. The van der Waals surface area contributed by atoms with Crippen LogP contribution in [0.4, 0.5) is 5.82 Å². The molecule has 0 radical (unpaired) electrons. The van der Waals surface area contributed by atoms with Gasteiger partial charge >= 0.3 is 0 Å². The number of rotatable bonds is 4. The Morgan fingerprint density at radius 1 is 1.30 bits per heavy atom. The number of piperidine rings is 1. The summed E-state index contributed by atoms with van der Waals surface area (Å²) in [5.74, 6) is 0.898. The first kappa shape index (κ1) is 16.0. The van der Waals surface area contributed by atoms with Gasteiger partial charge in [0.2, 0.25) is 0 Å². The molecule has 1 saturated heterocycles. The maximum Gasteiger partial charge on any atom is 0.252 e. The Morgan fingerprint density at radius 2 is 2.04 bits per heavy atom. The number of carbonyl (C=O) groups is 1. The molecule has 3 heterocycles. The van der Waals surface area contributed by atoms with E-state index in [-0.39, 0.29) is 11.6 Å². The average molecular weight is 316 g/mol. The molecule has 6 heteroatoms.